The first-order valence-electron chi connectivity index (χ1n) is 5.76. The van der Waals surface area contributed by atoms with Gasteiger partial charge in [-0.1, -0.05) is 19.9 Å². The number of carbonyl (C=O) groups is 1. The summed E-state index contributed by atoms with van der Waals surface area (Å²) < 4.78 is 0. The number of anilines is 1. The number of phenols is 1. The Hall–Kier alpha value is -1.55. The van der Waals surface area contributed by atoms with E-state index in [4.69, 9.17) is 5.73 Å². The van der Waals surface area contributed by atoms with Crippen molar-refractivity contribution >= 4 is 11.6 Å². The zero-order chi connectivity index (χ0) is 13.0. The molecule has 0 aliphatic heterocycles. The van der Waals surface area contributed by atoms with Gasteiger partial charge >= 0.3 is 0 Å². The third-order valence-corrected chi connectivity index (χ3v) is 2.54. The maximum atomic E-state index is 11.7. The first-order chi connectivity index (χ1) is 7.90. The van der Waals surface area contributed by atoms with Crippen LogP contribution in [0, 0.1) is 12.8 Å². The van der Waals surface area contributed by atoms with Crippen LogP contribution >= 0.6 is 0 Å². The summed E-state index contributed by atoms with van der Waals surface area (Å²) in [7, 11) is 0. The van der Waals surface area contributed by atoms with Crippen molar-refractivity contribution in [2.24, 2.45) is 11.7 Å². The quantitative estimate of drug-likeness (QED) is 0.748. The normalized spacial score (nSPS) is 12.5. The first-order valence-corrected chi connectivity index (χ1v) is 5.76. The Kier molecular flexibility index (Phi) is 4.52. The van der Waals surface area contributed by atoms with E-state index in [0.29, 0.717) is 18.0 Å². The second-order valence-electron chi connectivity index (χ2n) is 4.73. The Morgan fingerprint density at radius 2 is 2.12 bits per heavy atom. The summed E-state index contributed by atoms with van der Waals surface area (Å²) in [4.78, 5) is 11.7. The topological polar surface area (TPSA) is 75.4 Å². The van der Waals surface area contributed by atoms with Crippen molar-refractivity contribution in [3.63, 3.8) is 0 Å². The highest BCUT2D eigenvalue weighted by molar-refractivity contribution is 5.94. The molecule has 0 radical (unpaired) electrons. The molecule has 0 aromatic heterocycles. The van der Waals surface area contributed by atoms with E-state index in [1.54, 1.807) is 19.1 Å². The minimum Gasteiger partial charge on any atom is -0.508 e. The smallest absolute Gasteiger partial charge is 0.241 e. The maximum Gasteiger partial charge on any atom is 0.241 e. The number of hydrogen-bond donors (Lipinski definition) is 3. The second-order valence-corrected chi connectivity index (χ2v) is 4.73. The molecule has 0 unspecified atom stereocenters. The summed E-state index contributed by atoms with van der Waals surface area (Å²) in [6.45, 7) is 5.83. The maximum absolute atomic E-state index is 11.7. The van der Waals surface area contributed by atoms with Gasteiger partial charge in [0.25, 0.3) is 0 Å². The Morgan fingerprint density at radius 3 is 2.65 bits per heavy atom. The van der Waals surface area contributed by atoms with E-state index in [1.807, 2.05) is 13.8 Å². The van der Waals surface area contributed by atoms with Gasteiger partial charge in [-0.2, -0.15) is 0 Å². The standard InChI is InChI=1S/C13H20N2O2/c1-8(2)6-11(14)13(17)15-10-5-4-9(3)12(16)7-10/h4-5,7-8,11,16H,6,14H2,1-3H3,(H,15,17)/t11-/m1/s1. The Morgan fingerprint density at radius 1 is 1.47 bits per heavy atom. The van der Waals surface area contributed by atoms with Gasteiger partial charge in [0, 0.05) is 11.8 Å². The average Bonchev–Trinajstić information content (AvgIpc) is 2.22. The van der Waals surface area contributed by atoms with Crippen LogP contribution in [-0.2, 0) is 4.79 Å². The Bertz CT molecular complexity index is 402. The summed E-state index contributed by atoms with van der Waals surface area (Å²) in [5.41, 5.74) is 7.10. The van der Waals surface area contributed by atoms with Crippen molar-refractivity contribution in [1.29, 1.82) is 0 Å². The molecule has 0 aliphatic carbocycles. The first kappa shape index (κ1) is 13.5. The van der Waals surface area contributed by atoms with Gasteiger partial charge in [-0.15, -0.1) is 0 Å². The molecule has 4 nitrogen and oxygen atoms in total. The fourth-order valence-electron chi connectivity index (χ4n) is 1.54. The van der Waals surface area contributed by atoms with Gasteiger partial charge in [-0.05, 0) is 30.9 Å². The lowest BCUT2D eigenvalue weighted by molar-refractivity contribution is -0.117. The van der Waals surface area contributed by atoms with Crippen LogP contribution in [-0.4, -0.2) is 17.1 Å². The van der Waals surface area contributed by atoms with Crippen LogP contribution in [0.4, 0.5) is 5.69 Å². The predicted octanol–water partition coefficient (Wildman–Crippen LogP) is 2.01. The molecule has 0 spiro atoms. The van der Waals surface area contributed by atoms with E-state index in [2.05, 4.69) is 5.32 Å². The Labute approximate surface area is 102 Å². The molecule has 0 saturated carbocycles. The molecule has 1 aromatic rings. The van der Waals surface area contributed by atoms with E-state index in [-0.39, 0.29) is 11.7 Å². The zero-order valence-electron chi connectivity index (χ0n) is 10.5. The van der Waals surface area contributed by atoms with Gasteiger partial charge in [-0.25, -0.2) is 0 Å². The van der Waals surface area contributed by atoms with E-state index in [1.165, 1.54) is 6.07 Å². The monoisotopic (exact) mass is 236 g/mol. The van der Waals surface area contributed by atoms with Crippen LogP contribution < -0.4 is 11.1 Å². The van der Waals surface area contributed by atoms with E-state index >= 15 is 0 Å². The molecule has 0 aliphatic rings. The minimum atomic E-state index is -0.515. The highest BCUT2D eigenvalue weighted by Crippen LogP contribution is 2.21. The van der Waals surface area contributed by atoms with Crippen LogP contribution in [0.3, 0.4) is 0 Å². The summed E-state index contributed by atoms with van der Waals surface area (Å²) in [5, 5.41) is 12.2. The molecule has 4 heteroatoms. The molecule has 94 valence electrons. The van der Waals surface area contributed by atoms with Gasteiger partial charge in [0.15, 0.2) is 0 Å². The lowest BCUT2D eigenvalue weighted by Crippen LogP contribution is -2.36. The molecule has 4 N–H and O–H groups in total. The molecule has 1 rings (SSSR count). The minimum absolute atomic E-state index is 0.167. The number of aromatic hydroxyl groups is 1. The van der Waals surface area contributed by atoms with Crippen LogP contribution in [0.5, 0.6) is 5.75 Å². The molecule has 1 atom stereocenters. The van der Waals surface area contributed by atoms with Gasteiger partial charge in [-0.3, -0.25) is 4.79 Å². The fourth-order valence-corrected chi connectivity index (χ4v) is 1.54. The lowest BCUT2D eigenvalue weighted by Gasteiger charge is -2.14. The van der Waals surface area contributed by atoms with Crippen molar-refractivity contribution in [3.8, 4) is 5.75 Å². The number of rotatable bonds is 4. The summed E-state index contributed by atoms with van der Waals surface area (Å²) in [5.74, 6) is 0.323. The third kappa shape index (κ3) is 4.07. The third-order valence-electron chi connectivity index (χ3n) is 2.54. The van der Waals surface area contributed by atoms with Gasteiger partial charge in [0.1, 0.15) is 5.75 Å². The van der Waals surface area contributed by atoms with E-state index in [9.17, 15) is 9.90 Å². The SMILES string of the molecule is Cc1ccc(NC(=O)[C@H](N)CC(C)C)cc1O. The van der Waals surface area contributed by atoms with Crippen molar-refractivity contribution in [3.05, 3.63) is 23.8 Å². The molecular weight excluding hydrogens is 216 g/mol. The Balaban J connectivity index is 2.64. The lowest BCUT2D eigenvalue weighted by atomic mass is 10.0. The van der Waals surface area contributed by atoms with E-state index in [0.717, 1.165) is 5.56 Å². The highest BCUT2D eigenvalue weighted by atomic mass is 16.3. The number of nitrogens with one attached hydrogen (secondary N) is 1. The number of aryl methyl sites for hydroxylation is 1. The molecule has 0 bridgehead atoms. The van der Waals surface area contributed by atoms with Crippen LogP contribution in [0.25, 0.3) is 0 Å². The molecule has 0 heterocycles. The molecule has 17 heavy (non-hydrogen) atoms. The number of benzene rings is 1. The zero-order valence-corrected chi connectivity index (χ0v) is 10.5. The van der Waals surface area contributed by atoms with Crippen molar-refractivity contribution < 1.29 is 9.90 Å². The predicted molar refractivity (Wildman–Crippen MR) is 68.9 cm³/mol. The molecule has 0 fully saturated rings. The van der Waals surface area contributed by atoms with E-state index < -0.39 is 6.04 Å². The summed E-state index contributed by atoms with van der Waals surface area (Å²) in [6.07, 6.45) is 0.643. The number of nitrogens with two attached hydrogens (primary N) is 1. The van der Waals surface area contributed by atoms with Crippen molar-refractivity contribution in [2.45, 2.75) is 33.2 Å². The van der Waals surface area contributed by atoms with Crippen LogP contribution in [0.2, 0.25) is 0 Å². The molecule has 1 amide bonds. The largest absolute Gasteiger partial charge is 0.508 e. The fraction of sp³-hybridized carbons (Fsp3) is 0.462. The molecule has 0 saturated heterocycles. The summed E-state index contributed by atoms with van der Waals surface area (Å²) >= 11 is 0. The van der Waals surface area contributed by atoms with Gasteiger partial charge < -0.3 is 16.2 Å². The number of carbonyl (C=O) groups excluding carboxylic acids is 1. The average molecular weight is 236 g/mol. The molecular formula is C13H20N2O2. The van der Waals surface area contributed by atoms with Crippen LogP contribution in [0.15, 0.2) is 18.2 Å². The van der Waals surface area contributed by atoms with Gasteiger partial charge in [0.05, 0.1) is 6.04 Å². The molecule has 1 aromatic carbocycles. The van der Waals surface area contributed by atoms with Gasteiger partial charge in [0.2, 0.25) is 5.91 Å². The number of phenolic OH excluding ortho intramolecular Hbond substituents is 1. The van der Waals surface area contributed by atoms with Crippen molar-refractivity contribution in [1.82, 2.24) is 0 Å². The van der Waals surface area contributed by atoms with Crippen LogP contribution in [0.1, 0.15) is 25.8 Å². The number of amides is 1. The highest BCUT2D eigenvalue weighted by Gasteiger charge is 2.15. The number of hydrogen-bond acceptors (Lipinski definition) is 3. The van der Waals surface area contributed by atoms with Crippen molar-refractivity contribution in [2.75, 3.05) is 5.32 Å². The summed E-state index contributed by atoms with van der Waals surface area (Å²) in [6, 6.07) is 4.50. The second kappa shape index (κ2) is 5.68.